The van der Waals surface area contributed by atoms with E-state index in [9.17, 15) is 18.8 Å². The van der Waals surface area contributed by atoms with E-state index in [2.05, 4.69) is 16.8 Å². The van der Waals surface area contributed by atoms with E-state index < -0.39 is 17.8 Å². The van der Waals surface area contributed by atoms with Gasteiger partial charge in [0.1, 0.15) is 5.82 Å². The van der Waals surface area contributed by atoms with Crippen LogP contribution in [-0.2, 0) is 9.53 Å². The van der Waals surface area contributed by atoms with Gasteiger partial charge in [-0.15, -0.1) is 6.58 Å². The fourth-order valence-corrected chi connectivity index (χ4v) is 5.13. The van der Waals surface area contributed by atoms with E-state index in [0.717, 1.165) is 0 Å². The second-order valence-corrected chi connectivity index (χ2v) is 9.76. The minimum absolute atomic E-state index is 0.0451. The number of rotatable bonds is 8. The van der Waals surface area contributed by atoms with Gasteiger partial charge in [-0.25, -0.2) is 14.0 Å². The van der Waals surface area contributed by atoms with Crippen molar-refractivity contribution in [3.63, 3.8) is 0 Å². The fraction of sp³-hybridized carbons (Fsp3) is 0.345. The normalized spacial score (nSPS) is 18.4. The Bertz CT molecular complexity index is 1280. The number of amides is 3. The third-order valence-electron chi connectivity index (χ3n) is 6.78. The highest BCUT2D eigenvalue weighted by atomic mass is 35.5. The van der Waals surface area contributed by atoms with Gasteiger partial charge < -0.3 is 15.0 Å². The average Bonchev–Trinajstić information content (AvgIpc) is 3.16. The van der Waals surface area contributed by atoms with Crippen molar-refractivity contribution in [2.75, 3.05) is 45.9 Å². The predicted octanol–water partition coefficient (Wildman–Crippen LogP) is 4.40. The molecule has 2 aromatic rings. The molecule has 0 aliphatic carbocycles. The Morgan fingerprint density at radius 1 is 1.15 bits per heavy atom. The van der Waals surface area contributed by atoms with Gasteiger partial charge in [0.05, 0.1) is 23.8 Å². The van der Waals surface area contributed by atoms with Crippen LogP contribution in [0.1, 0.15) is 35.3 Å². The number of esters is 1. The summed E-state index contributed by atoms with van der Waals surface area (Å²) >= 11 is 6.24. The largest absolute Gasteiger partial charge is 0.463 e. The van der Waals surface area contributed by atoms with Gasteiger partial charge in [0, 0.05) is 50.0 Å². The summed E-state index contributed by atoms with van der Waals surface area (Å²) in [4.78, 5) is 44.8. The molecule has 1 unspecified atom stereocenters. The van der Waals surface area contributed by atoms with Crippen molar-refractivity contribution < 1.29 is 23.5 Å². The van der Waals surface area contributed by atoms with Gasteiger partial charge in [-0.1, -0.05) is 41.9 Å². The molecule has 2 aliphatic rings. The second-order valence-electron chi connectivity index (χ2n) is 9.32. The Morgan fingerprint density at radius 3 is 2.67 bits per heavy atom. The van der Waals surface area contributed by atoms with E-state index >= 15 is 0 Å². The van der Waals surface area contributed by atoms with Crippen LogP contribution in [0.25, 0.3) is 0 Å². The van der Waals surface area contributed by atoms with Crippen LogP contribution in [0.2, 0.25) is 5.02 Å². The van der Waals surface area contributed by atoms with Crippen molar-refractivity contribution in [1.29, 1.82) is 0 Å². The molecule has 0 saturated carbocycles. The first kappa shape index (κ1) is 28.3. The monoisotopic (exact) mass is 554 g/mol. The molecule has 10 heteroatoms. The molecule has 2 aliphatic heterocycles. The van der Waals surface area contributed by atoms with Crippen molar-refractivity contribution in [2.45, 2.75) is 19.4 Å². The topological polar surface area (TPSA) is 82.2 Å². The molecule has 8 nitrogen and oxygen atoms in total. The minimum Gasteiger partial charge on any atom is -0.463 e. The molecule has 0 bridgehead atoms. The number of nitrogens with zero attached hydrogens (tertiary/aromatic N) is 3. The summed E-state index contributed by atoms with van der Waals surface area (Å²) in [7, 11) is 0. The van der Waals surface area contributed by atoms with Gasteiger partial charge in [-0.3, -0.25) is 14.6 Å². The number of halogens is 2. The molecule has 206 valence electrons. The number of carbonyl (C=O) groups excluding carboxylic acids is 3. The van der Waals surface area contributed by atoms with E-state index in [1.54, 1.807) is 54.3 Å². The van der Waals surface area contributed by atoms with Crippen LogP contribution >= 0.6 is 11.6 Å². The van der Waals surface area contributed by atoms with E-state index in [1.807, 2.05) is 0 Å². The Hall–Kier alpha value is -3.69. The molecule has 1 N–H and O–H groups in total. The van der Waals surface area contributed by atoms with Crippen LogP contribution in [0.3, 0.4) is 0 Å². The summed E-state index contributed by atoms with van der Waals surface area (Å²) in [5.41, 5.74) is 1.54. The summed E-state index contributed by atoms with van der Waals surface area (Å²) in [6.07, 6.45) is 2.24. The quantitative estimate of drug-likeness (QED) is 0.386. The Kier molecular flexibility index (Phi) is 9.37. The van der Waals surface area contributed by atoms with Gasteiger partial charge in [0.2, 0.25) is 0 Å². The van der Waals surface area contributed by atoms with Crippen molar-refractivity contribution >= 4 is 29.5 Å². The van der Waals surface area contributed by atoms with Crippen LogP contribution in [0.15, 0.2) is 72.5 Å². The lowest BCUT2D eigenvalue weighted by Gasteiger charge is -2.38. The molecule has 1 atom stereocenters. The predicted molar refractivity (Wildman–Crippen MR) is 147 cm³/mol. The molecule has 0 radical (unpaired) electrons. The van der Waals surface area contributed by atoms with Crippen LogP contribution in [0.4, 0.5) is 9.18 Å². The number of urea groups is 1. The first-order valence-electron chi connectivity index (χ1n) is 12.9. The summed E-state index contributed by atoms with van der Waals surface area (Å²) in [5, 5.41) is 3.40. The van der Waals surface area contributed by atoms with Gasteiger partial charge in [-0.05, 0) is 43.2 Å². The van der Waals surface area contributed by atoms with Crippen molar-refractivity contribution in [2.24, 2.45) is 0 Å². The Morgan fingerprint density at radius 2 is 1.95 bits per heavy atom. The number of nitrogens with one attached hydrogen (secondary N) is 1. The maximum Gasteiger partial charge on any atom is 0.338 e. The van der Waals surface area contributed by atoms with Crippen LogP contribution < -0.4 is 5.32 Å². The smallest absolute Gasteiger partial charge is 0.338 e. The number of hydrogen-bond donors (Lipinski definition) is 1. The first-order chi connectivity index (χ1) is 18.8. The van der Waals surface area contributed by atoms with E-state index in [-0.39, 0.29) is 37.2 Å². The maximum atomic E-state index is 14.3. The molecule has 1 fully saturated rings. The lowest BCUT2D eigenvalue weighted by Crippen LogP contribution is -2.51. The van der Waals surface area contributed by atoms with Crippen LogP contribution in [0.5, 0.6) is 0 Å². The third kappa shape index (κ3) is 6.49. The molecule has 0 spiro atoms. The zero-order valence-corrected chi connectivity index (χ0v) is 22.6. The highest BCUT2D eigenvalue weighted by Crippen LogP contribution is 2.33. The second kappa shape index (κ2) is 12.9. The summed E-state index contributed by atoms with van der Waals surface area (Å²) < 4.78 is 19.7. The van der Waals surface area contributed by atoms with Crippen molar-refractivity contribution in [1.82, 2.24) is 20.0 Å². The molecule has 2 aromatic carbocycles. The van der Waals surface area contributed by atoms with Crippen LogP contribution in [-0.4, -0.2) is 78.5 Å². The van der Waals surface area contributed by atoms with Gasteiger partial charge in [-0.2, -0.15) is 0 Å². The summed E-state index contributed by atoms with van der Waals surface area (Å²) in [6.45, 7) is 8.08. The molecule has 2 heterocycles. The minimum atomic E-state index is -0.752. The van der Waals surface area contributed by atoms with Crippen LogP contribution in [0, 0.1) is 5.82 Å². The lowest BCUT2D eigenvalue weighted by atomic mass is 9.94. The summed E-state index contributed by atoms with van der Waals surface area (Å²) in [5.74, 6) is -1.43. The fourth-order valence-electron chi connectivity index (χ4n) is 4.93. The molecule has 1 saturated heterocycles. The number of benzene rings is 2. The zero-order chi connectivity index (χ0) is 27.9. The number of ether oxygens (including phenoxy) is 1. The Balaban J connectivity index is 1.65. The molecular weight excluding hydrogens is 523 g/mol. The highest BCUT2D eigenvalue weighted by Gasteiger charge is 2.38. The van der Waals surface area contributed by atoms with Gasteiger partial charge >= 0.3 is 12.0 Å². The first-order valence-corrected chi connectivity index (χ1v) is 13.3. The lowest BCUT2D eigenvalue weighted by molar-refractivity contribution is -0.139. The van der Waals surface area contributed by atoms with E-state index in [0.29, 0.717) is 54.5 Å². The number of carbonyl (C=O) groups is 3. The zero-order valence-electron chi connectivity index (χ0n) is 21.9. The highest BCUT2D eigenvalue weighted by molar-refractivity contribution is 6.30. The van der Waals surface area contributed by atoms with E-state index in [4.69, 9.17) is 16.3 Å². The third-order valence-corrected chi connectivity index (χ3v) is 7.02. The maximum absolute atomic E-state index is 14.3. The standard InChI is InChI=1S/C29H32ClFN4O4/c1-3-13-35-24(19-33-14-8-15-34(17-16-33)27(36)22-11-5-6-12-23(22)31)25(28(37)39-4-2)26(32-29(35)38)20-9-7-10-21(30)18-20/h3,5-7,9-12,18,26H,1,4,8,13-17,19H2,2H3,(H,32,38). The van der Waals surface area contributed by atoms with Crippen molar-refractivity contribution in [3.8, 4) is 0 Å². The SMILES string of the molecule is C=CCN1C(=O)NC(c2cccc(Cl)c2)C(C(=O)OCC)=C1CN1CCCN(C(=O)c2ccccc2F)CC1. The molecule has 0 aromatic heterocycles. The average molecular weight is 555 g/mol. The molecule has 4 rings (SSSR count). The summed E-state index contributed by atoms with van der Waals surface area (Å²) in [6, 6.07) is 11.8. The van der Waals surface area contributed by atoms with Gasteiger partial charge in [0.15, 0.2) is 0 Å². The molecular formula is C29H32ClFN4O4. The number of hydrogen-bond acceptors (Lipinski definition) is 5. The molecule has 3 amide bonds. The van der Waals surface area contributed by atoms with Gasteiger partial charge in [0.25, 0.3) is 5.91 Å². The Labute approximate surface area is 232 Å². The van der Waals surface area contributed by atoms with E-state index in [1.165, 1.54) is 17.0 Å². The van der Waals surface area contributed by atoms with Crippen molar-refractivity contribution in [3.05, 3.63) is 94.4 Å². The molecule has 39 heavy (non-hydrogen) atoms.